The fourth-order valence-corrected chi connectivity index (χ4v) is 3.42. The van der Waals surface area contributed by atoms with Crippen LogP contribution >= 0.6 is 12.4 Å². The Kier molecular flexibility index (Phi) is 6.37. The third-order valence-corrected chi connectivity index (χ3v) is 5.51. The van der Waals surface area contributed by atoms with E-state index >= 15 is 0 Å². The van der Waals surface area contributed by atoms with E-state index in [-0.39, 0.29) is 30.1 Å². The molecule has 2 atom stereocenters. The van der Waals surface area contributed by atoms with E-state index < -0.39 is 22.7 Å². The highest BCUT2D eigenvalue weighted by molar-refractivity contribution is 5.99. The van der Waals surface area contributed by atoms with Crippen molar-refractivity contribution in [2.75, 3.05) is 11.9 Å². The lowest BCUT2D eigenvalue weighted by atomic mass is 9.54. The maximum atomic E-state index is 12.9. The van der Waals surface area contributed by atoms with Gasteiger partial charge in [-0.3, -0.25) is 4.79 Å². The topological polar surface area (TPSA) is 82.2 Å². The Labute approximate surface area is 173 Å². The molecule has 0 bridgehead atoms. The average Bonchev–Trinajstić information content (AvgIpc) is 3.09. The largest absolute Gasteiger partial charge is 0.416 e. The predicted molar refractivity (Wildman–Crippen MR) is 105 cm³/mol. The van der Waals surface area contributed by atoms with Crippen molar-refractivity contribution in [2.24, 2.45) is 11.1 Å². The van der Waals surface area contributed by atoms with Crippen molar-refractivity contribution in [3.8, 4) is 5.69 Å². The van der Waals surface area contributed by atoms with Gasteiger partial charge in [0.15, 0.2) is 0 Å². The SMILES string of the molecule is CCOC1CC(N)(C(=O)Nc2cnn(-c3cccc(C(F)(F)F)c3)c2)C1(C)C.Cl. The Morgan fingerprint density at radius 2 is 2.10 bits per heavy atom. The molecular formula is C19H24ClF3N4O2. The second kappa shape index (κ2) is 7.97. The van der Waals surface area contributed by atoms with Gasteiger partial charge in [0.05, 0.1) is 35.4 Å². The summed E-state index contributed by atoms with van der Waals surface area (Å²) in [5, 5.41) is 6.75. The van der Waals surface area contributed by atoms with Gasteiger partial charge in [0.1, 0.15) is 5.54 Å². The van der Waals surface area contributed by atoms with Crippen LogP contribution in [0.5, 0.6) is 0 Å². The van der Waals surface area contributed by atoms with Gasteiger partial charge in [-0.1, -0.05) is 19.9 Å². The summed E-state index contributed by atoms with van der Waals surface area (Å²) in [6.07, 6.45) is -1.35. The highest BCUT2D eigenvalue weighted by Gasteiger charge is 2.62. The summed E-state index contributed by atoms with van der Waals surface area (Å²) in [5.41, 5.74) is 4.49. The molecule has 2 unspecified atom stereocenters. The van der Waals surface area contributed by atoms with E-state index in [1.54, 1.807) is 0 Å². The van der Waals surface area contributed by atoms with E-state index in [9.17, 15) is 18.0 Å². The normalized spacial score (nSPS) is 23.1. The molecule has 1 fully saturated rings. The van der Waals surface area contributed by atoms with Crippen molar-refractivity contribution in [3.63, 3.8) is 0 Å². The Morgan fingerprint density at radius 1 is 1.41 bits per heavy atom. The number of carbonyl (C=O) groups is 1. The monoisotopic (exact) mass is 432 g/mol. The van der Waals surface area contributed by atoms with Gasteiger partial charge in [0.25, 0.3) is 0 Å². The van der Waals surface area contributed by atoms with Crippen molar-refractivity contribution in [3.05, 3.63) is 42.2 Å². The highest BCUT2D eigenvalue weighted by atomic mass is 35.5. The maximum absolute atomic E-state index is 12.9. The number of carbonyl (C=O) groups excluding carboxylic acids is 1. The molecule has 1 amide bonds. The van der Waals surface area contributed by atoms with E-state index in [4.69, 9.17) is 10.5 Å². The molecule has 3 rings (SSSR count). The van der Waals surface area contributed by atoms with Crippen LogP contribution in [0.25, 0.3) is 5.69 Å². The molecular weight excluding hydrogens is 409 g/mol. The zero-order valence-corrected chi connectivity index (χ0v) is 17.1. The summed E-state index contributed by atoms with van der Waals surface area (Å²) in [7, 11) is 0. The number of nitrogens with one attached hydrogen (secondary N) is 1. The Bertz CT molecular complexity index is 884. The Morgan fingerprint density at radius 3 is 2.69 bits per heavy atom. The number of ether oxygens (including phenoxy) is 1. The van der Waals surface area contributed by atoms with Gasteiger partial charge in [-0.25, -0.2) is 4.68 Å². The van der Waals surface area contributed by atoms with Gasteiger partial charge in [-0.15, -0.1) is 12.4 Å². The van der Waals surface area contributed by atoms with Gasteiger partial charge in [0, 0.05) is 18.4 Å². The molecule has 29 heavy (non-hydrogen) atoms. The molecule has 0 spiro atoms. The Hall–Kier alpha value is -2.10. The molecule has 1 saturated carbocycles. The van der Waals surface area contributed by atoms with Crippen LogP contribution in [-0.2, 0) is 15.7 Å². The molecule has 1 aliphatic rings. The van der Waals surface area contributed by atoms with Gasteiger partial charge >= 0.3 is 6.18 Å². The molecule has 3 N–H and O–H groups in total. The summed E-state index contributed by atoms with van der Waals surface area (Å²) >= 11 is 0. The minimum absolute atomic E-state index is 0. The lowest BCUT2D eigenvalue weighted by Gasteiger charge is -2.57. The smallest absolute Gasteiger partial charge is 0.378 e. The quantitative estimate of drug-likeness (QED) is 0.753. The minimum Gasteiger partial charge on any atom is -0.378 e. The second-order valence-electron chi connectivity index (χ2n) is 7.52. The molecule has 160 valence electrons. The number of halogens is 4. The molecule has 1 aromatic heterocycles. The van der Waals surface area contributed by atoms with Gasteiger partial charge in [-0.2, -0.15) is 18.3 Å². The summed E-state index contributed by atoms with van der Waals surface area (Å²) < 4.78 is 45.5. The van der Waals surface area contributed by atoms with Crippen molar-refractivity contribution < 1.29 is 22.7 Å². The highest BCUT2D eigenvalue weighted by Crippen LogP contribution is 2.50. The summed E-state index contributed by atoms with van der Waals surface area (Å²) in [6.45, 7) is 6.18. The van der Waals surface area contributed by atoms with E-state index in [0.717, 1.165) is 12.1 Å². The third kappa shape index (κ3) is 4.12. The lowest BCUT2D eigenvalue weighted by Crippen LogP contribution is -2.74. The number of nitrogens with zero attached hydrogens (tertiary/aromatic N) is 2. The first kappa shape index (κ1) is 23.2. The Balaban J connectivity index is 0.00000300. The molecule has 1 aromatic carbocycles. The number of benzene rings is 1. The lowest BCUT2D eigenvalue weighted by molar-refractivity contribution is -0.166. The summed E-state index contributed by atoms with van der Waals surface area (Å²) in [6, 6.07) is 4.78. The van der Waals surface area contributed by atoms with Crippen LogP contribution in [0.1, 0.15) is 32.8 Å². The van der Waals surface area contributed by atoms with Crippen LogP contribution in [0.2, 0.25) is 0 Å². The number of aromatic nitrogens is 2. The molecule has 0 aliphatic heterocycles. The molecule has 1 heterocycles. The molecule has 0 radical (unpaired) electrons. The predicted octanol–water partition coefficient (Wildman–Crippen LogP) is 3.78. The number of hydrogen-bond acceptors (Lipinski definition) is 4. The summed E-state index contributed by atoms with van der Waals surface area (Å²) in [5.74, 6) is -0.378. The first-order chi connectivity index (χ1) is 13.0. The molecule has 0 saturated heterocycles. The van der Waals surface area contributed by atoms with Gasteiger partial charge in [0.2, 0.25) is 5.91 Å². The van der Waals surface area contributed by atoms with E-state index in [1.165, 1.54) is 29.2 Å². The zero-order chi connectivity index (χ0) is 20.7. The number of anilines is 1. The van der Waals surface area contributed by atoms with E-state index in [2.05, 4.69) is 10.4 Å². The molecule has 6 nitrogen and oxygen atoms in total. The third-order valence-electron chi connectivity index (χ3n) is 5.51. The number of amides is 1. The van der Waals surface area contributed by atoms with Crippen LogP contribution in [-0.4, -0.2) is 33.9 Å². The van der Waals surface area contributed by atoms with E-state index in [1.807, 2.05) is 20.8 Å². The second-order valence-corrected chi connectivity index (χ2v) is 7.52. The van der Waals surface area contributed by atoms with Crippen molar-refractivity contribution in [2.45, 2.75) is 45.0 Å². The fourth-order valence-electron chi connectivity index (χ4n) is 3.42. The molecule has 1 aliphatic carbocycles. The summed E-state index contributed by atoms with van der Waals surface area (Å²) in [4.78, 5) is 12.7. The first-order valence-electron chi connectivity index (χ1n) is 8.93. The zero-order valence-electron chi connectivity index (χ0n) is 16.3. The first-order valence-corrected chi connectivity index (χ1v) is 8.93. The minimum atomic E-state index is -4.45. The average molecular weight is 433 g/mol. The molecule has 10 heteroatoms. The maximum Gasteiger partial charge on any atom is 0.416 e. The molecule has 2 aromatic rings. The van der Waals surface area contributed by atoms with Gasteiger partial charge in [-0.05, 0) is 25.1 Å². The van der Waals surface area contributed by atoms with Gasteiger partial charge < -0.3 is 15.8 Å². The number of hydrogen-bond donors (Lipinski definition) is 2. The number of nitrogens with two attached hydrogens (primary N) is 1. The van der Waals surface area contributed by atoms with Crippen LogP contribution in [0, 0.1) is 5.41 Å². The number of rotatable bonds is 5. The van der Waals surface area contributed by atoms with Crippen molar-refractivity contribution in [1.82, 2.24) is 9.78 Å². The van der Waals surface area contributed by atoms with Crippen LogP contribution in [0.3, 0.4) is 0 Å². The standard InChI is InChI=1S/C19H23F3N4O2.ClH/c1-4-28-15-9-18(23,17(15,2)3)16(27)25-13-10-24-26(11-13)14-7-5-6-12(8-14)19(20,21)22;/h5-8,10-11,15H,4,9,23H2,1-3H3,(H,25,27);1H. The van der Waals surface area contributed by atoms with Crippen molar-refractivity contribution in [1.29, 1.82) is 0 Å². The number of alkyl halides is 3. The fraction of sp³-hybridized carbons (Fsp3) is 0.474. The van der Waals surface area contributed by atoms with Crippen LogP contribution in [0.15, 0.2) is 36.7 Å². The van der Waals surface area contributed by atoms with Crippen LogP contribution < -0.4 is 11.1 Å². The van der Waals surface area contributed by atoms with Crippen molar-refractivity contribution >= 4 is 24.0 Å². The van der Waals surface area contributed by atoms with Crippen LogP contribution in [0.4, 0.5) is 18.9 Å². The van der Waals surface area contributed by atoms with E-state index in [0.29, 0.717) is 18.7 Å².